The number of nitrogen functional groups attached to an aromatic ring is 1. The van der Waals surface area contributed by atoms with Gasteiger partial charge in [0.05, 0.1) is 0 Å². The van der Waals surface area contributed by atoms with Gasteiger partial charge in [0, 0.05) is 6.07 Å². The van der Waals surface area contributed by atoms with Crippen LogP contribution in [0.5, 0.6) is 5.75 Å². The Balaban J connectivity index is 3.45. The lowest BCUT2D eigenvalue weighted by atomic mass is 10.2. The Bertz CT molecular complexity index is 467. The molecule has 108 valence electrons. The predicted molar refractivity (Wildman–Crippen MR) is 45.3 cm³/mol. The van der Waals surface area contributed by atoms with Crippen LogP contribution in [0.15, 0.2) is 6.07 Å². The number of hydrogen-bond donors (Lipinski definition) is 1. The lowest BCUT2D eigenvalue weighted by molar-refractivity contribution is -0.276. The molecule has 0 aliphatic heterocycles. The number of nitrogens with zero attached hydrogens (tertiary/aromatic N) is 1. The molecule has 2 N–H and O–H groups in total. The van der Waals surface area contributed by atoms with Crippen molar-refractivity contribution in [3.8, 4) is 5.75 Å². The zero-order valence-corrected chi connectivity index (χ0v) is 8.61. The van der Waals surface area contributed by atoms with E-state index in [1.165, 1.54) is 0 Å². The van der Waals surface area contributed by atoms with Crippen molar-refractivity contribution in [3.63, 3.8) is 0 Å². The van der Waals surface area contributed by atoms with E-state index >= 15 is 0 Å². The van der Waals surface area contributed by atoms with Crippen LogP contribution in [0.25, 0.3) is 0 Å². The molecule has 3 nitrogen and oxygen atoms in total. The highest BCUT2D eigenvalue weighted by Crippen LogP contribution is 2.42. The minimum Gasteiger partial charge on any atom is -0.405 e. The minimum atomic E-state index is -5.49. The third-order valence-corrected chi connectivity index (χ3v) is 1.76. The van der Waals surface area contributed by atoms with Crippen molar-refractivity contribution in [2.45, 2.75) is 19.0 Å². The number of rotatable bonds is 2. The molecular weight excluding hydrogens is 292 g/mol. The van der Waals surface area contributed by atoms with Crippen molar-refractivity contribution in [2.24, 2.45) is 0 Å². The number of aromatic nitrogens is 1. The molecule has 0 aliphatic rings. The lowest BCUT2D eigenvalue weighted by Gasteiger charge is -2.17. The summed E-state index contributed by atoms with van der Waals surface area (Å²) in [5.74, 6) is -3.40. The van der Waals surface area contributed by atoms with Crippen LogP contribution in [0.1, 0.15) is 17.7 Å². The van der Waals surface area contributed by atoms with Crippen molar-refractivity contribution >= 4 is 5.82 Å². The molecule has 1 heterocycles. The monoisotopic (exact) mass is 296 g/mol. The second-order valence-corrected chi connectivity index (χ2v) is 3.15. The summed E-state index contributed by atoms with van der Waals surface area (Å²) in [6.07, 6.45) is -14.2. The van der Waals surface area contributed by atoms with Crippen molar-refractivity contribution in [1.82, 2.24) is 4.98 Å². The van der Waals surface area contributed by atoms with Gasteiger partial charge in [-0.15, -0.1) is 13.2 Å². The summed E-state index contributed by atoms with van der Waals surface area (Å²) >= 11 is 0. The number of nitrogens with two attached hydrogens (primary N) is 1. The Kier molecular flexibility index (Phi) is 3.77. The summed E-state index contributed by atoms with van der Waals surface area (Å²) in [6, 6.07) is -0.155. The second kappa shape index (κ2) is 4.70. The van der Waals surface area contributed by atoms with Crippen LogP contribution in [0, 0.1) is 0 Å². The molecule has 0 fully saturated rings. The molecule has 0 atom stereocenters. The highest BCUT2D eigenvalue weighted by molar-refractivity contribution is 5.52. The van der Waals surface area contributed by atoms with Crippen LogP contribution in [0.4, 0.5) is 40.9 Å². The van der Waals surface area contributed by atoms with Gasteiger partial charge in [-0.25, -0.2) is 13.8 Å². The van der Waals surface area contributed by atoms with Crippen molar-refractivity contribution < 1.29 is 39.9 Å². The van der Waals surface area contributed by atoms with Crippen molar-refractivity contribution in [3.05, 3.63) is 17.3 Å². The Morgan fingerprint density at radius 2 is 1.63 bits per heavy atom. The molecule has 1 aromatic rings. The van der Waals surface area contributed by atoms with Gasteiger partial charge in [0.15, 0.2) is 0 Å². The fourth-order valence-electron chi connectivity index (χ4n) is 1.16. The van der Waals surface area contributed by atoms with Gasteiger partial charge in [-0.2, -0.15) is 13.2 Å². The standard InChI is InChI=1S/C8H4F8N2O/c9-5(10)2-1-3(19-8(14,15)16)4(6(17)18-2)7(11,12)13/h1,5H,(H2,17,18). The van der Waals surface area contributed by atoms with Crippen LogP contribution in [0.3, 0.4) is 0 Å². The van der Waals surface area contributed by atoms with E-state index < -0.39 is 41.8 Å². The first-order chi connectivity index (χ1) is 8.42. The highest BCUT2D eigenvalue weighted by Gasteiger charge is 2.42. The topological polar surface area (TPSA) is 48.1 Å². The maximum Gasteiger partial charge on any atom is 0.573 e. The van der Waals surface area contributed by atoms with E-state index in [1.807, 2.05) is 0 Å². The summed E-state index contributed by atoms with van der Waals surface area (Å²) in [7, 11) is 0. The van der Waals surface area contributed by atoms with E-state index in [0.29, 0.717) is 0 Å². The molecule has 0 saturated carbocycles. The van der Waals surface area contributed by atoms with Gasteiger partial charge in [-0.3, -0.25) is 0 Å². The molecule has 0 bridgehead atoms. The Labute approximate surface area is 99.5 Å². The first-order valence-corrected chi connectivity index (χ1v) is 4.33. The molecule has 0 radical (unpaired) electrons. The highest BCUT2D eigenvalue weighted by atomic mass is 19.4. The SMILES string of the molecule is Nc1nc(C(F)F)cc(OC(F)(F)F)c1C(F)(F)F. The Morgan fingerprint density at radius 3 is 2.00 bits per heavy atom. The molecule has 11 heteroatoms. The molecule has 0 unspecified atom stereocenters. The number of anilines is 1. The van der Waals surface area contributed by atoms with Crippen LogP contribution >= 0.6 is 0 Å². The molecule has 19 heavy (non-hydrogen) atoms. The molecule has 0 spiro atoms. The summed E-state index contributed by atoms with van der Waals surface area (Å²) in [4.78, 5) is 2.69. The summed E-state index contributed by atoms with van der Waals surface area (Å²) in [6.45, 7) is 0. The second-order valence-electron chi connectivity index (χ2n) is 3.15. The smallest absolute Gasteiger partial charge is 0.405 e. The van der Waals surface area contributed by atoms with Crippen LogP contribution in [0.2, 0.25) is 0 Å². The Morgan fingerprint density at radius 1 is 1.11 bits per heavy atom. The van der Waals surface area contributed by atoms with Gasteiger partial charge in [-0.05, 0) is 0 Å². The van der Waals surface area contributed by atoms with E-state index in [4.69, 9.17) is 5.73 Å². The first kappa shape index (κ1) is 15.2. The molecule has 0 saturated heterocycles. The van der Waals surface area contributed by atoms with E-state index in [-0.39, 0.29) is 6.07 Å². The maximum atomic E-state index is 12.5. The third-order valence-electron chi connectivity index (χ3n) is 1.76. The minimum absolute atomic E-state index is 0.155. The number of pyridine rings is 1. The van der Waals surface area contributed by atoms with Crippen molar-refractivity contribution in [2.75, 3.05) is 5.73 Å². The fraction of sp³-hybridized carbons (Fsp3) is 0.375. The molecule has 1 rings (SSSR count). The van der Waals surface area contributed by atoms with E-state index in [1.54, 1.807) is 0 Å². The number of hydrogen-bond acceptors (Lipinski definition) is 3. The predicted octanol–water partition coefficient (Wildman–Crippen LogP) is 3.52. The van der Waals surface area contributed by atoms with Gasteiger partial charge in [-0.1, -0.05) is 0 Å². The zero-order valence-electron chi connectivity index (χ0n) is 8.61. The average molecular weight is 296 g/mol. The average Bonchev–Trinajstić information content (AvgIpc) is 2.10. The lowest BCUT2D eigenvalue weighted by Crippen LogP contribution is -2.22. The summed E-state index contributed by atoms with van der Waals surface area (Å²) in [5, 5.41) is 0. The van der Waals surface area contributed by atoms with Crippen molar-refractivity contribution in [1.29, 1.82) is 0 Å². The maximum absolute atomic E-state index is 12.5. The molecule has 0 aliphatic carbocycles. The summed E-state index contributed by atoms with van der Waals surface area (Å²) < 4.78 is 101. The van der Waals surface area contributed by atoms with Gasteiger partial charge in [0.2, 0.25) is 0 Å². The number of halogens is 8. The van der Waals surface area contributed by atoms with E-state index in [2.05, 4.69) is 9.72 Å². The number of alkyl halides is 8. The van der Waals surface area contributed by atoms with E-state index in [9.17, 15) is 35.1 Å². The van der Waals surface area contributed by atoms with Crippen LogP contribution in [-0.2, 0) is 6.18 Å². The molecule has 0 aromatic carbocycles. The Hall–Kier alpha value is -1.81. The zero-order chi connectivity index (χ0) is 15.0. The van der Waals surface area contributed by atoms with Gasteiger partial charge in [0.25, 0.3) is 6.43 Å². The quantitative estimate of drug-likeness (QED) is 0.849. The molecule has 1 aromatic heterocycles. The van der Waals surface area contributed by atoms with Gasteiger partial charge < -0.3 is 10.5 Å². The third kappa shape index (κ3) is 3.83. The van der Waals surface area contributed by atoms with Gasteiger partial charge >= 0.3 is 12.5 Å². The summed E-state index contributed by atoms with van der Waals surface area (Å²) in [5.41, 5.74) is 1.34. The largest absolute Gasteiger partial charge is 0.573 e. The normalized spacial score (nSPS) is 12.9. The first-order valence-electron chi connectivity index (χ1n) is 4.33. The fourth-order valence-corrected chi connectivity index (χ4v) is 1.16. The van der Waals surface area contributed by atoms with E-state index in [0.717, 1.165) is 0 Å². The number of ether oxygens (including phenoxy) is 1. The molecule has 0 amide bonds. The van der Waals surface area contributed by atoms with Gasteiger partial charge in [0.1, 0.15) is 22.8 Å². The van der Waals surface area contributed by atoms with Crippen LogP contribution in [-0.4, -0.2) is 11.3 Å². The van der Waals surface area contributed by atoms with Crippen LogP contribution < -0.4 is 10.5 Å². The molecular formula is C8H4F8N2O.